The average molecular weight is 437 g/mol. The molecule has 1 aromatic rings. The topological polar surface area (TPSA) is 85.7 Å². The fraction of sp³-hybridized carbons (Fsp3) is 0.560. The number of ether oxygens (including phenoxy) is 1. The van der Waals surface area contributed by atoms with Crippen LogP contribution in [0.1, 0.15) is 55.7 Å². The quantitative estimate of drug-likeness (QED) is 0.709. The molecule has 1 aliphatic carbocycles. The largest absolute Gasteiger partial charge is 0.456 e. The molecule has 4 aliphatic rings. The van der Waals surface area contributed by atoms with Crippen molar-refractivity contribution < 1.29 is 14.3 Å². The maximum absolute atomic E-state index is 13.5. The Labute approximate surface area is 189 Å². The third-order valence-corrected chi connectivity index (χ3v) is 7.68. The van der Waals surface area contributed by atoms with Gasteiger partial charge in [0.1, 0.15) is 12.4 Å². The Morgan fingerprint density at radius 1 is 1.25 bits per heavy atom. The molecule has 1 aromatic carbocycles. The van der Waals surface area contributed by atoms with Crippen molar-refractivity contribution in [1.82, 2.24) is 15.1 Å². The van der Waals surface area contributed by atoms with Gasteiger partial charge >= 0.3 is 5.97 Å². The Kier molecular flexibility index (Phi) is 5.32. The van der Waals surface area contributed by atoms with Gasteiger partial charge in [-0.1, -0.05) is 25.1 Å². The van der Waals surface area contributed by atoms with Gasteiger partial charge in [-0.15, -0.1) is 0 Å². The van der Waals surface area contributed by atoms with E-state index in [1.807, 2.05) is 16.8 Å². The molecule has 1 amide bonds. The molecule has 1 atom stereocenters. The predicted octanol–water partition coefficient (Wildman–Crippen LogP) is 2.79. The number of fused-ring (bicyclic) bond motifs is 1. The predicted molar refractivity (Wildman–Crippen MR) is 121 cm³/mol. The van der Waals surface area contributed by atoms with E-state index in [9.17, 15) is 9.59 Å². The highest BCUT2D eigenvalue weighted by atomic mass is 16.5. The molecule has 1 saturated carbocycles. The minimum absolute atomic E-state index is 0.184. The highest BCUT2D eigenvalue weighted by Crippen LogP contribution is 2.47. The second-order valence-corrected chi connectivity index (χ2v) is 10.1. The van der Waals surface area contributed by atoms with Crippen LogP contribution in [0.5, 0.6) is 0 Å². The summed E-state index contributed by atoms with van der Waals surface area (Å²) < 4.78 is 5.06. The molecular formula is C25H32N4O3. The van der Waals surface area contributed by atoms with Gasteiger partial charge in [0, 0.05) is 44.4 Å². The van der Waals surface area contributed by atoms with E-state index in [0.29, 0.717) is 24.3 Å². The molecule has 7 nitrogen and oxygen atoms in total. The third-order valence-electron chi connectivity index (χ3n) is 7.68. The highest BCUT2D eigenvalue weighted by molar-refractivity contribution is 6.00. The molecule has 7 heteroatoms. The summed E-state index contributed by atoms with van der Waals surface area (Å²) in [6, 6.07) is 6.81. The van der Waals surface area contributed by atoms with Gasteiger partial charge in [-0.05, 0) is 49.1 Å². The van der Waals surface area contributed by atoms with E-state index in [-0.39, 0.29) is 23.9 Å². The van der Waals surface area contributed by atoms with Crippen LogP contribution in [0.25, 0.3) is 0 Å². The van der Waals surface area contributed by atoms with Crippen LogP contribution in [-0.4, -0.2) is 53.8 Å². The van der Waals surface area contributed by atoms with Crippen molar-refractivity contribution >= 4 is 17.7 Å². The van der Waals surface area contributed by atoms with Crippen molar-refractivity contribution in [2.45, 2.75) is 58.2 Å². The fourth-order valence-electron chi connectivity index (χ4n) is 5.98. The standard InChI is InChI=1S/C25H32N4O3/c1-16-11-25(24(31)29(13-16)20-10-22(30)32-15-20)7-5-19(6-8-25)27-12-17-3-4-21-18(9-17)14-28(2)23(21)26/h3-4,9-10,16,19,26-27H,5-8,11-15H2,1-2H3/t16-,19?,25?/m0/s1. The molecule has 32 heavy (non-hydrogen) atoms. The number of carbonyl (C=O) groups excluding carboxylic acids is 2. The summed E-state index contributed by atoms with van der Waals surface area (Å²) in [5.41, 5.74) is 3.93. The number of likely N-dealkylation sites (tertiary alicyclic amines) is 1. The van der Waals surface area contributed by atoms with Gasteiger partial charge in [-0.2, -0.15) is 0 Å². The first kappa shape index (κ1) is 21.2. The van der Waals surface area contributed by atoms with Crippen molar-refractivity contribution in [3.8, 4) is 0 Å². The first-order valence-corrected chi connectivity index (χ1v) is 11.7. The van der Waals surface area contributed by atoms with E-state index in [1.165, 1.54) is 17.2 Å². The Balaban J connectivity index is 1.20. The minimum Gasteiger partial charge on any atom is -0.456 e. The third kappa shape index (κ3) is 3.72. The fourth-order valence-corrected chi connectivity index (χ4v) is 5.98. The van der Waals surface area contributed by atoms with Crippen LogP contribution in [0.15, 0.2) is 30.0 Å². The molecule has 170 valence electrons. The Morgan fingerprint density at radius 2 is 2.03 bits per heavy atom. The summed E-state index contributed by atoms with van der Waals surface area (Å²) in [6.45, 7) is 4.71. The van der Waals surface area contributed by atoms with Gasteiger partial charge in [0.25, 0.3) is 0 Å². The molecule has 2 N–H and O–H groups in total. The zero-order valence-corrected chi connectivity index (χ0v) is 18.9. The molecule has 0 aromatic heterocycles. The summed E-state index contributed by atoms with van der Waals surface area (Å²) in [7, 11) is 1.96. The number of esters is 1. The van der Waals surface area contributed by atoms with Crippen LogP contribution in [0.2, 0.25) is 0 Å². The molecule has 1 saturated heterocycles. The van der Waals surface area contributed by atoms with E-state index in [0.717, 1.165) is 56.5 Å². The van der Waals surface area contributed by atoms with Gasteiger partial charge in [0.15, 0.2) is 0 Å². The van der Waals surface area contributed by atoms with E-state index >= 15 is 0 Å². The van der Waals surface area contributed by atoms with Crippen LogP contribution in [0.3, 0.4) is 0 Å². The van der Waals surface area contributed by atoms with Crippen molar-refractivity contribution in [1.29, 1.82) is 5.41 Å². The van der Waals surface area contributed by atoms with Crippen molar-refractivity contribution in [2.75, 3.05) is 20.2 Å². The second-order valence-electron chi connectivity index (χ2n) is 10.1. The number of benzene rings is 1. The van der Waals surface area contributed by atoms with E-state index in [2.05, 4.69) is 30.4 Å². The summed E-state index contributed by atoms with van der Waals surface area (Å²) in [5.74, 6) is 0.853. The minimum atomic E-state index is -0.344. The molecular weight excluding hydrogens is 404 g/mol. The first-order valence-electron chi connectivity index (χ1n) is 11.7. The Hall–Kier alpha value is -2.67. The molecule has 1 spiro atoms. The SMILES string of the molecule is C[C@@H]1CN(C2=CC(=O)OC2)C(=O)C2(CCC(NCc3ccc4c(c3)CN(C)C4=N)CC2)C1. The van der Waals surface area contributed by atoms with Gasteiger partial charge < -0.3 is 19.9 Å². The van der Waals surface area contributed by atoms with Gasteiger partial charge in [0.2, 0.25) is 5.91 Å². The van der Waals surface area contributed by atoms with Crippen LogP contribution in [-0.2, 0) is 27.4 Å². The van der Waals surface area contributed by atoms with Crippen LogP contribution in [0.4, 0.5) is 0 Å². The summed E-state index contributed by atoms with van der Waals surface area (Å²) in [4.78, 5) is 28.8. The lowest BCUT2D eigenvalue weighted by molar-refractivity contribution is -0.149. The molecule has 5 rings (SSSR count). The smallest absolute Gasteiger partial charge is 0.333 e. The number of carbonyl (C=O) groups is 2. The van der Waals surface area contributed by atoms with Crippen LogP contribution < -0.4 is 5.32 Å². The zero-order valence-electron chi connectivity index (χ0n) is 18.9. The molecule has 0 radical (unpaired) electrons. The average Bonchev–Trinajstić information content (AvgIpc) is 3.33. The summed E-state index contributed by atoms with van der Waals surface area (Å²) >= 11 is 0. The summed E-state index contributed by atoms with van der Waals surface area (Å²) in [5, 5.41) is 11.8. The lowest BCUT2D eigenvalue weighted by Crippen LogP contribution is -2.53. The van der Waals surface area contributed by atoms with E-state index in [4.69, 9.17) is 10.1 Å². The van der Waals surface area contributed by atoms with E-state index < -0.39 is 0 Å². The Bertz CT molecular complexity index is 993. The molecule has 0 unspecified atom stereocenters. The number of hydrogen-bond donors (Lipinski definition) is 2. The number of rotatable bonds is 4. The molecule has 3 heterocycles. The molecule has 0 bridgehead atoms. The van der Waals surface area contributed by atoms with Gasteiger partial charge in [0.05, 0.1) is 11.1 Å². The van der Waals surface area contributed by atoms with Crippen LogP contribution >= 0.6 is 0 Å². The zero-order chi connectivity index (χ0) is 22.5. The number of hydrogen-bond acceptors (Lipinski definition) is 5. The number of piperidine rings is 1. The maximum Gasteiger partial charge on any atom is 0.333 e. The number of amides is 1. The number of amidine groups is 1. The van der Waals surface area contributed by atoms with Gasteiger partial charge in [-0.25, -0.2) is 4.79 Å². The monoisotopic (exact) mass is 436 g/mol. The number of cyclic esters (lactones) is 1. The molecule has 3 aliphatic heterocycles. The van der Waals surface area contributed by atoms with Gasteiger partial charge in [-0.3, -0.25) is 10.2 Å². The number of nitrogens with zero attached hydrogens (tertiary/aromatic N) is 2. The lowest BCUT2D eigenvalue weighted by atomic mass is 9.65. The van der Waals surface area contributed by atoms with Crippen LogP contribution in [0, 0.1) is 16.7 Å². The number of nitrogens with one attached hydrogen (secondary N) is 2. The van der Waals surface area contributed by atoms with E-state index in [1.54, 1.807) is 0 Å². The second kappa shape index (κ2) is 8.03. The highest BCUT2D eigenvalue weighted by Gasteiger charge is 2.49. The summed E-state index contributed by atoms with van der Waals surface area (Å²) in [6.07, 6.45) is 6.16. The Morgan fingerprint density at radius 3 is 2.75 bits per heavy atom. The normalized spacial score (nSPS) is 30.1. The first-order chi connectivity index (χ1) is 15.3. The molecule has 2 fully saturated rings. The van der Waals surface area contributed by atoms with Crippen molar-refractivity contribution in [3.05, 3.63) is 46.7 Å². The van der Waals surface area contributed by atoms with Crippen molar-refractivity contribution in [3.63, 3.8) is 0 Å². The maximum atomic E-state index is 13.5. The lowest BCUT2D eigenvalue weighted by Gasteiger charge is -2.48. The van der Waals surface area contributed by atoms with Crippen molar-refractivity contribution in [2.24, 2.45) is 11.3 Å².